The van der Waals surface area contributed by atoms with E-state index in [1.54, 1.807) is 12.5 Å². The van der Waals surface area contributed by atoms with Gasteiger partial charge in [0.1, 0.15) is 29.9 Å². The number of rotatable bonds is 4. The molecule has 0 saturated heterocycles. The molecular formula is C16H13BF8O3S. The minimum Gasteiger partial charge on any atom is -0.508 e. The summed E-state index contributed by atoms with van der Waals surface area (Å²) in [6.07, 6.45) is 3.12. The lowest BCUT2D eigenvalue weighted by molar-refractivity contribution is 0.102. The van der Waals surface area contributed by atoms with Gasteiger partial charge >= 0.3 is 6.98 Å². The average molecular weight is 448 g/mol. The van der Waals surface area contributed by atoms with Gasteiger partial charge in [0, 0.05) is 5.56 Å². The molecule has 2 aromatic rings. The molecule has 0 aliphatic carbocycles. The van der Waals surface area contributed by atoms with Crippen LogP contribution in [0.3, 0.4) is 0 Å². The fourth-order valence-corrected chi connectivity index (χ4v) is 2.75. The Labute approximate surface area is 160 Å². The second-order valence-electron chi connectivity index (χ2n) is 6.11. The smallest absolute Gasteiger partial charge is 0.508 e. The molecule has 0 fully saturated rings. The highest BCUT2D eigenvalue weighted by atomic mass is 32.2. The van der Waals surface area contributed by atoms with Crippen LogP contribution in [-0.2, 0) is 14.1 Å². The fraction of sp³-hybridized carbons (Fsp3) is 0.188. The van der Waals surface area contributed by atoms with Crippen LogP contribution in [-0.4, -0.2) is 36.1 Å². The molecule has 0 saturated carbocycles. The number of phenolic OH excluding ortho intramolecular Hbond substituents is 1. The number of ketones is 1. The molecule has 2 aromatic carbocycles. The van der Waals surface area contributed by atoms with Crippen LogP contribution < -0.4 is 5.46 Å². The van der Waals surface area contributed by atoms with Crippen molar-refractivity contribution in [2.24, 2.45) is 0 Å². The maximum Gasteiger partial charge on any atom is 0.515 e. The molecule has 13 heteroatoms. The fourth-order valence-electron chi connectivity index (χ4n) is 1.96. The number of carbonyl (C=O) groups is 1. The van der Waals surface area contributed by atoms with Gasteiger partial charge in [-0.2, -0.15) is 0 Å². The van der Waals surface area contributed by atoms with Gasteiger partial charge in [-0.25, -0.2) is 22.0 Å². The summed E-state index contributed by atoms with van der Waals surface area (Å²) in [4.78, 5) is 11.5. The van der Waals surface area contributed by atoms with Crippen molar-refractivity contribution in [1.29, 1.82) is 0 Å². The third-order valence-electron chi connectivity index (χ3n) is 3.24. The van der Waals surface area contributed by atoms with Crippen LogP contribution in [0.5, 0.6) is 5.75 Å². The maximum absolute atomic E-state index is 12.5. The number of carbonyl (C=O) groups excluding carboxylic acids is 1. The van der Waals surface area contributed by atoms with Crippen LogP contribution in [0.2, 0.25) is 0 Å². The number of Topliss-reactive ketones (excluding diaryl/α,β-unsaturated/α-hetero) is 1. The van der Waals surface area contributed by atoms with E-state index in [0.29, 0.717) is 5.56 Å². The number of phenols is 1. The molecule has 2 rings (SSSR count). The van der Waals surface area contributed by atoms with Crippen molar-refractivity contribution in [3.05, 3.63) is 58.9 Å². The molecule has 0 aromatic heterocycles. The second-order valence-corrected chi connectivity index (χ2v) is 9.27. The van der Waals surface area contributed by atoms with Crippen molar-refractivity contribution in [1.82, 2.24) is 0 Å². The molecule has 29 heavy (non-hydrogen) atoms. The van der Waals surface area contributed by atoms with Crippen LogP contribution in [0.1, 0.15) is 10.4 Å². The van der Waals surface area contributed by atoms with Crippen molar-refractivity contribution >= 4 is 28.2 Å². The topological polar surface area (TPSA) is 54.4 Å². The highest BCUT2D eigenvalue weighted by molar-refractivity contribution is 8.02. The Kier molecular flexibility index (Phi) is 7.58. The van der Waals surface area contributed by atoms with Gasteiger partial charge in [0.15, 0.2) is 23.2 Å². The summed E-state index contributed by atoms with van der Waals surface area (Å²) in [5.41, 5.74) is -2.24. The van der Waals surface area contributed by atoms with Gasteiger partial charge < -0.3 is 18.1 Å². The summed E-state index contributed by atoms with van der Waals surface area (Å²) in [5.74, 6) is -13.5. The molecule has 0 atom stereocenters. The number of hydrogen-bond acceptors (Lipinski definition) is 3. The van der Waals surface area contributed by atoms with Gasteiger partial charge in [-0.15, -0.1) is 4.21 Å². The Bertz CT molecular complexity index is 925. The number of benzene rings is 2. The third-order valence-corrected chi connectivity index (χ3v) is 4.20. The van der Waals surface area contributed by atoms with Crippen molar-refractivity contribution in [3.8, 4) is 5.75 Å². The molecule has 0 aliphatic heterocycles. The summed E-state index contributed by atoms with van der Waals surface area (Å²) in [5, 5.41) is 9.00. The van der Waals surface area contributed by atoms with E-state index < -0.39 is 51.5 Å². The number of halogens is 8. The van der Waals surface area contributed by atoms with Crippen molar-refractivity contribution < 1.29 is 49.0 Å². The van der Waals surface area contributed by atoms with Crippen molar-refractivity contribution in [2.75, 3.05) is 18.3 Å². The zero-order valence-corrected chi connectivity index (χ0v) is 15.6. The monoisotopic (exact) mass is 448 g/mol. The first-order valence-corrected chi connectivity index (χ1v) is 10.1. The van der Waals surface area contributed by atoms with Crippen LogP contribution in [0.25, 0.3) is 0 Å². The normalized spacial score (nSPS) is 11.7. The van der Waals surface area contributed by atoms with E-state index >= 15 is 0 Å². The van der Waals surface area contributed by atoms with E-state index in [4.69, 9.17) is 5.11 Å². The van der Waals surface area contributed by atoms with E-state index in [-0.39, 0.29) is 17.3 Å². The zero-order chi connectivity index (χ0) is 22.7. The van der Waals surface area contributed by atoms with E-state index in [2.05, 4.69) is 0 Å². The van der Waals surface area contributed by atoms with E-state index in [1.165, 1.54) is 24.3 Å². The minimum atomic E-state index is -6.30. The van der Waals surface area contributed by atoms with Crippen LogP contribution in [0.4, 0.5) is 34.9 Å². The standard InChI is InChI=1S/C10H12O3S.C6BF8/c1-14(2,13)7-10(12)8-3-5-9(11)6-4-8;8-2-1(7(13,14)15)3(9)5(11)6(12)4(2)10/h3-6H,7H2,1-2H3;/q;-1/p+1. The predicted molar refractivity (Wildman–Crippen MR) is 92.1 cm³/mol. The molecule has 3 nitrogen and oxygen atoms in total. The van der Waals surface area contributed by atoms with Gasteiger partial charge in [0.25, 0.3) is 0 Å². The quantitative estimate of drug-likeness (QED) is 0.194. The molecule has 0 bridgehead atoms. The van der Waals surface area contributed by atoms with E-state index in [0.717, 1.165) is 0 Å². The largest absolute Gasteiger partial charge is 0.515 e. The molecule has 0 spiro atoms. The lowest BCUT2D eigenvalue weighted by Gasteiger charge is -2.17. The Morgan fingerprint density at radius 1 is 0.862 bits per heavy atom. The first-order valence-electron chi connectivity index (χ1n) is 7.51. The average Bonchev–Trinajstić information content (AvgIpc) is 2.57. The molecule has 0 radical (unpaired) electrons. The molecule has 1 N–H and O–H groups in total. The minimum absolute atomic E-state index is 0.0533. The summed E-state index contributed by atoms with van der Waals surface area (Å²) >= 11 is 0. The molecule has 0 amide bonds. The highest BCUT2D eigenvalue weighted by Crippen LogP contribution is 2.21. The second kappa shape index (κ2) is 8.93. The predicted octanol–water partition coefficient (Wildman–Crippen LogP) is 3.77. The van der Waals surface area contributed by atoms with Crippen LogP contribution in [0.15, 0.2) is 24.3 Å². The Hall–Kier alpha value is -2.44. The third kappa shape index (κ3) is 6.55. The Morgan fingerprint density at radius 3 is 1.59 bits per heavy atom. The lowest BCUT2D eigenvalue weighted by Crippen LogP contribution is -2.41. The molecule has 0 aliphatic rings. The summed E-state index contributed by atoms with van der Waals surface area (Å²) < 4.78 is 109. The SMILES string of the molecule is C[S+](C)(=O)CC(=O)c1ccc(O)cc1.Fc1c(F)c(F)c([B-](F)(F)F)c(F)c1F. The maximum atomic E-state index is 12.5. The molecule has 0 unspecified atom stereocenters. The number of aromatic hydroxyl groups is 1. The highest BCUT2D eigenvalue weighted by Gasteiger charge is 2.37. The molecule has 0 heterocycles. The first-order chi connectivity index (χ1) is 13.1. The van der Waals surface area contributed by atoms with Gasteiger partial charge in [0.2, 0.25) is 5.78 Å². The summed E-state index contributed by atoms with van der Waals surface area (Å²) in [6.45, 7) is -6.30. The van der Waals surface area contributed by atoms with Gasteiger partial charge in [0.05, 0.1) is 9.93 Å². The van der Waals surface area contributed by atoms with Crippen molar-refractivity contribution in [3.63, 3.8) is 0 Å². The van der Waals surface area contributed by atoms with E-state index in [1.807, 2.05) is 0 Å². The summed E-state index contributed by atoms with van der Waals surface area (Å²) in [7, 11) is -2.04. The number of hydrogen-bond donors (Lipinski definition) is 1. The summed E-state index contributed by atoms with van der Waals surface area (Å²) in [6, 6.07) is 5.95. The van der Waals surface area contributed by atoms with E-state index in [9.17, 15) is 43.9 Å². The Morgan fingerprint density at radius 2 is 1.24 bits per heavy atom. The lowest BCUT2D eigenvalue weighted by atomic mass is 9.79. The first kappa shape index (κ1) is 24.6. The van der Waals surface area contributed by atoms with Crippen LogP contribution >= 0.6 is 0 Å². The van der Waals surface area contributed by atoms with Gasteiger partial charge in [-0.3, -0.25) is 4.79 Å². The Balaban J connectivity index is 0.000000291. The molecule has 160 valence electrons. The molecular weight excluding hydrogens is 435 g/mol. The van der Waals surface area contributed by atoms with Crippen LogP contribution in [0, 0.1) is 29.1 Å². The van der Waals surface area contributed by atoms with Gasteiger partial charge in [-0.1, -0.05) is 0 Å². The van der Waals surface area contributed by atoms with Crippen molar-refractivity contribution in [2.45, 2.75) is 0 Å². The van der Waals surface area contributed by atoms with Gasteiger partial charge in [-0.05, 0) is 29.7 Å². The zero-order valence-electron chi connectivity index (χ0n) is 14.8.